The first-order valence-corrected chi connectivity index (χ1v) is 4.74. The third kappa shape index (κ3) is 2.02. The van der Waals surface area contributed by atoms with Crippen LogP contribution in [0.1, 0.15) is 17.4 Å². The first kappa shape index (κ1) is 9.80. The highest BCUT2D eigenvalue weighted by atomic mass is 16.5. The van der Waals surface area contributed by atoms with Gasteiger partial charge in [-0.05, 0) is 29.8 Å². The van der Waals surface area contributed by atoms with Crippen LogP contribution in [0.4, 0.5) is 0 Å². The molecular weight excluding hydrogens is 190 g/mol. The molecule has 1 aromatic carbocycles. The molecule has 3 heteroatoms. The molecule has 0 unspecified atom stereocenters. The average Bonchev–Trinajstić information content (AvgIpc) is 2.82. The van der Waals surface area contributed by atoms with Crippen LogP contribution in [0.2, 0.25) is 0 Å². The molecule has 2 rings (SSSR count). The molecule has 1 aromatic heterocycles. The molecule has 0 aliphatic carbocycles. The summed E-state index contributed by atoms with van der Waals surface area (Å²) in [4.78, 5) is 0. The van der Waals surface area contributed by atoms with Crippen molar-refractivity contribution in [3.63, 3.8) is 0 Å². The van der Waals surface area contributed by atoms with Crippen molar-refractivity contribution in [1.82, 2.24) is 0 Å². The fraction of sp³-hybridized carbons (Fsp3) is 0.167. The van der Waals surface area contributed by atoms with Crippen LogP contribution >= 0.6 is 0 Å². The highest BCUT2D eigenvalue weighted by Gasteiger charge is 2.10. The zero-order valence-corrected chi connectivity index (χ0v) is 8.51. The van der Waals surface area contributed by atoms with Crippen molar-refractivity contribution in [2.24, 2.45) is 5.73 Å². The number of hydrogen-bond acceptors (Lipinski definition) is 3. The maximum atomic E-state index is 6.02. The summed E-state index contributed by atoms with van der Waals surface area (Å²) in [6.45, 7) is 0. The predicted molar refractivity (Wildman–Crippen MR) is 57.7 cm³/mol. The van der Waals surface area contributed by atoms with Crippen molar-refractivity contribution in [1.29, 1.82) is 0 Å². The zero-order chi connectivity index (χ0) is 10.7. The molecule has 3 nitrogen and oxygen atoms in total. The fourth-order valence-electron chi connectivity index (χ4n) is 1.44. The second-order valence-electron chi connectivity index (χ2n) is 3.27. The van der Waals surface area contributed by atoms with E-state index in [1.807, 2.05) is 36.4 Å². The topological polar surface area (TPSA) is 48.4 Å². The van der Waals surface area contributed by atoms with Gasteiger partial charge in [0, 0.05) is 0 Å². The Balaban J connectivity index is 2.22. The highest BCUT2D eigenvalue weighted by Crippen LogP contribution is 2.21. The molecule has 0 spiro atoms. The van der Waals surface area contributed by atoms with Crippen LogP contribution in [0.15, 0.2) is 47.1 Å². The van der Waals surface area contributed by atoms with Crippen molar-refractivity contribution in [2.45, 2.75) is 6.04 Å². The Labute approximate surface area is 88.5 Å². The van der Waals surface area contributed by atoms with E-state index in [-0.39, 0.29) is 6.04 Å². The molecule has 78 valence electrons. The lowest BCUT2D eigenvalue weighted by Gasteiger charge is -2.09. The summed E-state index contributed by atoms with van der Waals surface area (Å²) in [5, 5.41) is 0. The largest absolute Gasteiger partial charge is 0.497 e. The summed E-state index contributed by atoms with van der Waals surface area (Å²) in [5.74, 6) is 1.59. The maximum absolute atomic E-state index is 6.02. The molecule has 15 heavy (non-hydrogen) atoms. The van der Waals surface area contributed by atoms with Crippen molar-refractivity contribution in [3.05, 3.63) is 54.0 Å². The maximum Gasteiger partial charge on any atom is 0.124 e. The zero-order valence-electron chi connectivity index (χ0n) is 8.51. The molecule has 0 saturated carbocycles. The van der Waals surface area contributed by atoms with Crippen LogP contribution in [0.25, 0.3) is 0 Å². The highest BCUT2D eigenvalue weighted by molar-refractivity contribution is 5.32. The van der Waals surface area contributed by atoms with E-state index in [0.717, 1.165) is 17.1 Å². The minimum Gasteiger partial charge on any atom is -0.497 e. The summed E-state index contributed by atoms with van der Waals surface area (Å²) in [6, 6.07) is 11.1. The van der Waals surface area contributed by atoms with Gasteiger partial charge in [-0.3, -0.25) is 0 Å². The minimum atomic E-state index is -0.217. The van der Waals surface area contributed by atoms with Gasteiger partial charge in [0.25, 0.3) is 0 Å². The van der Waals surface area contributed by atoms with E-state index < -0.39 is 0 Å². The van der Waals surface area contributed by atoms with Gasteiger partial charge in [0.15, 0.2) is 0 Å². The molecule has 2 N–H and O–H groups in total. The molecule has 1 heterocycles. The van der Waals surface area contributed by atoms with E-state index in [0.29, 0.717) is 0 Å². The normalized spacial score (nSPS) is 12.4. The van der Waals surface area contributed by atoms with Crippen LogP contribution in [0.3, 0.4) is 0 Å². The summed E-state index contributed by atoms with van der Waals surface area (Å²) >= 11 is 0. The molecule has 0 saturated heterocycles. The van der Waals surface area contributed by atoms with E-state index in [9.17, 15) is 0 Å². The number of ether oxygens (including phenoxy) is 1. The molecule has 0 amide bonds. The molecule has 0 radical (unpaired) electrons. The van der Waals surface area contributed by atoms with Crippen LogP contribution in [-0.4, -0.2) is 7.11 Å². The molecule has 2 aromatic rings. The second kappa shape index (κ2) is 4.19. The van der Waals surface area contributed by atoms with Gasteiger partial charge in [0.1, 0.15) is 11.5 Å². The van der Waals surface area contributed by atoms with E-state index in [1.54, 1.807) is 13.4 Å². The van der Waals surface area contributed by atoms with E-state index in [2.05, 4.69) is 0 Å². The number of benzene rings is 1. The monoisotopic (exact) mass is 203 g/mol. The third-order valence-corrected chi connectivity index (χ3v) is 2.32. The number of hydrogen-bond donors (Lipinski definition) is 1. The van der Waals surface area contributed by atoms with Crippen molar-refractivity contribution < 1.29 is 9.15 Å². The van der Waals surface area contributed by atoms with Gasteiger partial charge in [-0.2, -0.15) is 0 Å². The van der Waals surface area contributed by atoms with Crippen molar-refractivity contribution in [3.8, 4) is 5.75 Å². The fourth-order valence-corrected chi connectivity index (χ4v) is 1.44. The van der Waals surface area contributed by atoms with Gasteiger partial charge in [0.05, 0.1) is 19.4 Å². The van der Waals surface area contributed by atoms with Crippen LogP contribution in [-0.2, 0) is 0 Å². The Morgan fingerprint density at radius 3 is 2.47 bits per heavy atom. The summed E-state index contributed by atoms with van der Waals surface area (Å²) in [6.07, 6.45) is 1.62. The Hall–Kier alpha value is -1.74. The standard InChI is InChI=1S/C12H13NO2/c1-14-10-6-4-9(5-7-10)12(13)11-3-2-8-15-11/h2-8,12H,13H2,1H3/t12-/m1/s1. The lowest BCUT2D eigenvalue weighted by Crippen LogP contribution is -2.10. The van der Waals surface area contributed by atoms with Gasteiger partial charge in [-0.15, -0.1) is 0 Å². The first-order chi connectivity index (χ1) is 7.31. The summed E-state index contributed by atoms with van der Waals surface area (Å²) in [7, 11) is 1.64. The number of methoxy groups -OCH3 is 1. The van der Waals surface area contributed by atoms with Gasteiger partial charge >= 0.3 is 0 Å². The molecular formula is C12H13NO2. The second-order valence-corrected chi connectivity index (χ2v) is 3.27. The average molecular weight is 203 g/mol. The van der Waals surface area contributed by atoms with Crippen molar-refractivity contribution in [2.75, 3.05) is 7.11 Å². The lowest BCUT2D eigenvalue weighted by molar-refractivity contribution is 0.414. The van der Waals surface area contributed by atoms with Gasteiger partial charge in [0.2, 0.25) is 0 Å². The Morgan fingerprint density at radius 2 is 1.93 bits per heavy atom. The van der Waals surface area contributed by atoms with Gasteiger partial charge in [-0.1, -0.05) is 12.1 Å². The molecule has 1 atom stereocenters. The minimum absolute atomic E-state index is 0.217. The Bertz CT molecular complexity index is 406. The molecule has 0 aliphatic heterocycles. The smallest absolute Gasteiger partial charge is 0.124 e. The van der Waals surface area contributed by atoms with E-state index in [4.69, 9.17) is 14.9 Å². The first-order valence-electron chi connectivity index (χ1n) is 4.74. The van der Waals surface area contributed by atoms with Crippen LogP contribution in [0.5, 0.6) is 5.75 Å². The van der Waals surface area contributed by atoms with Crippen molar-refractivity contribution >= 4 is 0 Å². The van der Waals surface area contributed by atoms with E-state index >= 15 is 0 Å². The number of nitrogens with two attached hydrogens (primary N) is 1. The summed E-state index contributed by atoms with van der Waals surface area (Å²) in [5.41, 5.74) is 7.02. The predicted octanol–water partition coefficient (Wildman–Crippen LogP) is 2.34. The third-order valence-electron chi connectivity index (χ3n) is 2.32. The molecule has 0 aliphatic rings. The Morgan fingerprint density at radius 1 is 1.20 bits per heavy atom. The number of rotatable bonds is 3. The van der Waals surface area contributed by atoms with Gasteiger partial charge < -0.3 is 14.9 Å². The number of furan rings is 1. The van der Waals surface area contributed by atoms with Gasteiger partial charge in [-0.25, -0.2) is 0 Å². The van der Waals surface area contributed by atoms with Crippen LogP contribution in [0, 0.1) is 0 Å². The quantitative estimate of drug-likeness (QED) is 0.832. The summed E-state index contributed by atoms with van der Waals surface area (Å²) < 4.78 is 10.3. The molecule has 0 fully saturated rings. The van der Waals surface area contributed by atoms with Crippen LogP contribution < -0.4 is 10.5 Å². The SMILES string of the molecule is COc1ccc([C@@H](N)c2ccco2)cc1. The molecule has 0 bridgehead atoms. The van der Waals surface area contributed by atoms with E-state index in [1.165, 1.54) is 0 Å². The Kier molecular flexibility index (Phi) is 2.74. The lowest BCUT2D eigenvalue weighted by atomic mass is 10.1.